The molecule has 1 aromatic rings. The maximum Gasteiger partial charge on any atom is 0.408 e. The van der Waals surface area contributed by atoms with Crippen LogP contribution in [-0.4, -0.2) is 11.6 Å². The van der Waals surface area contributed by atoms with Crippen molar-refractivity contribution in [2.24, 2.45) is 5.92 Å². The van der Waals surface area contributed by atoms with Gasteiger partial charge in [-0.15, -0.1) is 0 Å². The summed E-state index contributed by atoms with van der Waals surface area (Å²) in [6.07, 6.45) is 3.03. The molecule has 5 heteroatoms. The second kappa shape index (κ2) is 6.23. The third kappa shape index (κ3) is 4.10. The lowest BCUT2D eigenvalue weighted by Gasteiger charge is -2.18. The van der Waals surface area contributed by atoms with E-state index in [-0.39, 0.29) is 11.5 Å². The molecular weight excluding hydrogens is 291 g/mol. The lowest BCUT2D eigenvalue weighted by Crippen LogP contribution is -2.17. The highest BCUT2D eigenvalue weighted by molar-refractivity contribution is 7.17. The number of allylic oxidation sites excluding steroid dienone is 2. The maximum absolute atomic E-state index is 13.1. The smallest absolute Gasteiger partial charge is 0.408 e. The molecule has 0 spiro atoms. The predicted molar refractivity (Wildman–Crippen MR) is 84.3 cm³/mol. The first-order chi connectivity index (χ1) is 9.83. The molecule has 0 aromatic heterocycles. The molecule has 2 nitrogen and oxygen atoms in total. The van der Waals surface area contributed by atoms with Gasteiger partial charge in [0.25, 0.3) is 0 Å². The molecule has 1 N–H and O–H groups in total. The predicted octanol–water partition coefficient (Wildman–Crippen LogP) is 5.00. The number of para-hydroxylation sites is 1. The average Bonchev–Trinajstić information content (AvgIpc) is 3.22. The number of hydrogen-bond acceptors (Lipinski definition) is 2. The van der Waals surface area contributed by atoms with Crippen molar-refractivity contribution >= 4 is 15.0 Å². The summed E-state index contributed by atoms with van der Waals surface area (Å²) in [6.45, 7) is 4.03. The summed E-state index contributed by atoms with van der Waals surface area (Å²) < 4.78 is 30.8. The number of halogens is 2. The Bertz CT molecular complexity index is 574. The van der Waals surface area contributed by atoms with Crippen LogP contribution in [0.2, 0.25) is 0 Å². The van der Waals surface area contributed by atoms with Crippen LogP contribution >= 0.6 is 9.24 Å². The first kappa shape index (κ1) is 16.1. The number of nitrogens with one attached hydrogen (secondary N) is 1. The monoisotopic (exact) mass is 311 g/mol. The van der Waals surface area contributed by atoms with Gasteiger partial charge in [-0.25, -0.2) is 0 Å². The topological polar surface area (TPSA) is 33.1 Å². The Hall–Kier alpha value is -1.28. The van der Waals surface area contributed by atoms with E-state index in [4.69, 9.17) is 5.41 Å². The molecule has 1 saturated carbocycles. The van der Waals surface area contributed by atoms with Gasteiger partial charge >= 0.3 is 5.85 Å². The molecule has 114 valence electrons. The summed E-state index contributed by atoms with van der Waals surface area (Å²) in [6, 6.07) is 6.49. The molecule has 0 radical (unpaired) electrons. The van der Waals surface area contributed by atoms with Crippen LogP contribution in [0.4, 0.5) is 8.78 Å². The van der Waals surface area contributed by atoms with Crippen LogP contribution in [0.25, 0.3) is 0 Å². The molecule has 0 heterocycles. The van der Waals surface area contributed by atoms with E-state index >= 15 is 0 Å². The fourth-order valence-corrected chi connectivity index (χ4v) is 2.61. The molecule has 0 amide bonds. The van der Waals surface area contributed by atoms with Gasteiger partial charge in [0, 0.05) is 5.56 Å². The number of ether oxygens (including phenoxy) is 1. The Morgan fingerprint density at radius 1 is 1.38 bits per heavy atom. The first-order valence-corrected chi connectivity index (χ1v) is 7.65. The van der Waals surface area contributed by atoms with Crippen molar-refractivity contribution in [3.8, 4) is 5.75 Å². The number of hydrogen-bond donors (Lipinski definition) is 1. The number of rotatable bonds is 6. The maximum atomic E-state index is 13.1. The number of alkyl halides is 2. The minimum absolute atomic E-state index is 0.0389. The van der Waals surface area contributed by atoms with Crippen molar-refractivity contribution in [2.75, 3.05) is 0 Å². The highest BCUT2D eigenvalue weighted by Crippen LogP contribution is 2.39. The minimum atomic E-state index is -3.34. The van der Waals surface area contributed by atoms with Crippen molar-refractivity contribution in [1.82, 2.24) is 0 Å². The van der Waals surface area contributed by atoms with E-state index in [2.05, 4.69) is 4.74 Å². The summed E-state index contributed by atoms with van der Waals surface area (Å²) in [5, 5.41) is 8.40. The molecule has 21 heavy (non-hydrogen) atoms. The van der Waals surface area contributed by atoms with E-state index in [0.717, 1.165) is 18.4 Å². The summed E-state index contributed by atoms with van der Waals surface area (Å²) in [7, 11) is 1.36. The van der Waals surface area contributed by atoms with Gasteiger partial charge in [0.2, 0.25) is 0 Å². The molecule has 0 bridgehead atoms. The van der Waals surface area contributed by atoms with Gasteiger partial charge < -0.3 is 4.74 Å². The lowest BCUT2D eigenvalue weighted by atomic mass is 9.93. The van der Waals surface area contributed by atoms with Crippen LogP contribution in [0.5, 0.6) is 5.75 Å². The van der Waals surface area contributed by atoms with Crippen molar-refractivity contribution in [3.05, 3.63) is 41.0 Å². The zero-order chi connectivity index (χ0) is 15.6. The molecule has 2 rings (SSSR count). The van der Waals surface area contributed by atoms with Crippen LogP contribution in [-0.2, 0) is 0 Å². The SMILES string of the molecule is CC/C(C(=N)c1ccccc1OC(F)(F)P)=C(/C)C1CC1. The van der Waals surface area contributed by atoms with Crippen molar-refractivity contribution in [2.45, 2.75) is 39.0 Å². The Balaban J connectivity index is 2.37. The second-order valence-electron chi connectivity index (χ2n) is 5.32. The summed E-state index contributed by atoms with van der Waals surface area (Å²) >= 11 is 0. The fourth-order valence-electron chi connectivity index (χ4n) is 2.49. The van der Waals surface area contributed by atoms with Crippen molar-refractivity contribution in [1.29, 1.82) is 5.41 Å². The standard InChI is InChI=1S/C16H20F2NOP/c1-3-12(10(2)11-8-9-11)15(19)13-6-4-5-7-14(13)20-16(17,18)21/h4-7,11,19H,3,8-9,21H2,1-2H3/b12-10+,19-15?. The average molecular weight is 311 g/mol. The van der Waals surface area contributed by atoms with E-state index in [9.17, 15) is 8.78 Å². The molecule has 1 aliphatic rings. The van der Waals surface area contributed by atoms with E-state index in [1.807, 2.05) is 13.8 Å². The highest BCUT2D eigenvalue weighted by atomic mass is 31.0. The fraction of sp³-hybridized carbons (Fsp3) is 0.438. The van der Waals surface area contributed by atoms with Crippen molar-refractivity contribution < 1.29 is 13.5 Å². The third-order valence-electron chi connectivity index (χ3n) is 3.72. The quantitative estimate of drug-likeness (QED) is 0.582. The zero-order valence-corrected chi connectivity index (χ0v) is 13.4. The highest BCUT2D eigenvalue weighted by Gasteiger charge is 2.28. The summed E-state index contributed by atoms with van der Waals surface area (Å²) in [4.78, 5) is 0. The van der Waals surface area contributed by atoms with Gasteiger partial charge in [-0.1, -0.05) is 24.6 Å². The molecular formula is C16H20F2NOP. The van der Waals surface area contributed by atoms with E-state index in [0.29, 0.717) is 17.9 Å². The van der Waals surface area contributed by atoms with Crippen LogP contribution in [0.3, 0.4) is 0 Å². The van der Waals surface area contributed by atoms with Gasteiger partial charge in [0.15, 0.2) is 0 Å². The van der Waals surface area contributed by atoms with Crippen LogP contribution in [0, 0.1) is 11.3 Å². The largest absolute Gasteiger partial charge is 0.429 e. The Kier molecular flexibility index (Phi) is 4.77. The molecule has 1 atom stereocenters. The minimum Gasteiger partial charge on any atom is -0.429 e. The van der Waals surface area contributed by atoms with Gasteiger partial charge in [0.05, 0.1) is 5.71 Å². The van der Waals surface area contributed by atoms with Crippen molar-refractivity contribution in [3.63, 3.8) is 0 Å². The Morgan fingerprint density at radius 2 is 2.00 bits per heavy atom. The molecule has 1 aromatic carbocycles. The van der Waals surface area contributed by atoms with Crippen LogP contribution in [0.1, 0.15) is 38.7 Å². The third-order valence-corrected chi connectivity index (χ3v) is 3.84. The normalized spacial score (nSPS) is 16.4. The van der Waals surface area contributed by atoms with E-state index in [1.54, 1.807) is 18.2 Å². The van der Waals surface area contributed by atoms with Crippen LogP contribution < -0.4 is 4.74 Å². The Labute approximate surface area is 126 Å². The molecule has 1 unspecified atom stereocenters. The summed E-state index contributed by atoms with van der Waals surface area (Å²) in [5.41, 5.74) is 2.83. The van der Waals surface area contributed by atoms with Crippen LogP contribution in [0.15, 0.2) is 35.4 Å². The van der Waals surface area contributed by atoms with Gasteiger partial charge in [0.1, 0.15) is 5.75 Å². The van der Waals surface area contributed by atoms with E-state index in [1.165, 1.54) is 20.9 Å². The first-order valence-electron chi connectivity index (χ1n) is 7.07. The second-order valence-corrected chi connectivity index (χ2v) is 6.00. The summed E-state index contributed by atoms with van der Waals surface area (Å²) in [5.74, 6) is -2.74. The Morgan fingerprint density at radius 3 is 2.52 bits per heavy atom. The van der Waals surface area contributed by atoms with Gasteiger partial charge in [-0.05, 0) is 59.0 Å². The molecule has 0 saturated heterocycles. The zero-order valence-electron chi connectivity index (χ0n) is 12.2. The van der Waals surface area contributed by atoms with Gasteiger partial charge in [-0.2, -0.15) is 8.78 Å². The molecule has 1 aliphatic carbocycles. The van der Waals surface area contributed by atoms with E-state index < -0.39 is 5.85 Å². The van der Waals surface area contributed by atoms with Gasteiger partial charge in [-0.3, -0.25) is 5.41 Å². The molecule has 0 aliphatic heterocycles. The lowest BCUT2D eigenvalue weighted by molar-refractivity contribution is -0.0893. The molecule has 1 fully saturated rings. The number of benzene rings is 1.